The quantitative estimate of drug-likeness (QED) is 0.681. The van der Waals surface area contributed by atoms with E-state index >= 15 is 0 Å². The molecule has 1 saturated heterocycles. The van der Waals surface area contributed by atoms with Gasteiger partial charge in [0.2, 0.25) is 0 Å². The van der Waals surface area contributed by atoms with E-state index in [9.17, 15) is 5.11 Å². The zero-order valence-electron chi connectivity index (χ0n) is 8.07. The van der Waals surface area contributed by atoms with Gasteiger partial charge in [0.1, 0.15) is 0 Å². The van der Waals surface area contributed by atoms with Crippen molar-refractivity contribution in [2.45, 2.75) is 37.6 Å². The predicted molar refractivity (Wildman–Crippen MR) is 52.6 cm³/mol. The lowest BCUT2D eigenvalue weighted by Gasteiger charge is -2.21. The second kappa shape index (κ2) is 2.81. The van der Waals surface area contributed by atoms with Crippen LogP contribution in [0.2, 0.25) is 0 Å². The summed E-state index contributed by atoms with van der Waals surface area (Å²) in [7, 11) is 0. The average molecular weight is 190 g/mol. The molecule has 0 aliphatic carbocycles. The van der Waals surface area contributed by atoms with Crippen LogP contribution in [0.3, 0.4) is 0 Å². The minimum atomic E-state index is -0.988. The van der Waals surface area contributed by atoms with E-state index in [0.717, 1.165) is 31.2 Å². The third-order valence-corrected chi connectivity index (χ3v) is 3.30. The van der Waals surface area contributed by atoms with Gasteiger partial charge in [-0.15, -0.1) is 0 Å². The van der Waals surface area contributed by atoms with Gasteiger partial charge in [0, 0.05) is 12.0 Å². The third kappa shape index (κ3) is 1.04. The van der Waals surface area contributed by atoms with Crippen molar-refractivity contribution in [3.63, 3.8) is 0 Å². The highest BCUT2D eigenvalue weighted by molar-refractivity contribution is 5.36. The van der Waals surface area contributed by atoms with Crippen molar-refractivity contribution >= 4 is 0 Å². The zero-order chi connectivity index (χ0) is 9.60. The number of rotatable bonds is 0. The van der Waals surface area contributed by atoms with E-state index in [1.54, 1.807) is 0 Å². The summed E-state index contributed by atoms with van der Waals surface area (Å²) >= 11 is 0. The van der Waals surface area contributed by atoms with Crippen molar-refractivity contribution in [2.75, 3.05) is 0 Å². The molecular weight excluding hydrogens is 176 g/mol. The third-order valence-electron chi connectivity index (χ3n) is 3.30. The molecule has 3 rings (SSSR count). The summed E-state index contributed by atoms with van der Waals surface area (Å²) in [6.07, 6.45) is 4.11. The Kier molecular flexibility index (Phi) is 1.70. The van der Waals surface area contributed by atoms with E-state index in [2.05, 4.69) is 6.07 Å². The molecule has 2 aliphatic heterocycles. The minimum Gasteiger partial charge on any atom is -0.362 e. The smallest absolute Gasteiger partial charge is 0.193 e. The van der Waals surface area contributed by atoms with Gasteiger partial charge in [-0.2, -0.15) is 0 Å². The summed E-state index contributed by atoms with van der Waals surface area (Å²) in [5, 5.41) is 10.3. The van der Waals surface area contributed by atoms with Crippen LogP contribution in [0.25, 0.3) is 0 Å². The van der Waals surface area contributed by atoms with Gasteiger partial charge in [0.05, 0.1) is 6.10 Å². The molecule has 2 atom stereocenters. The Morgan fingerprint density at radius 1 is 1.29 bits per heavy atom. The molecule has 0 spiro atoms. The Morgan fingerprint density at radius 3 is 3.07 bits per heavy atom. The Hall–Kier alpha value is -0.860. The standard InChI is InChI=1S/C12H14O2/c13-12-8-4-3-7-11(14-12)9-5-1-2-6-10(9)12/h1-2,5-6,11,13H,3-4,7-8H2. The summed E-state index contributed by atoms with van der Waals surface area (Å²) in [6, 6.07) is 8.05. The molecule has 14 heavy (non-hydrogen) atoms. The van der Waals surface area contributed by atoms with E-state index in [4.69, 9.17) is 4.74 Å². The summed E-state index contributed by atoms with van der Waals surface area (Å²) < 4.78 is 5.74. The van der Waals surface area contributed by atoms with Gasteiger partial charge in [-0.3, -0.25) is 0 Å². The van der Waals surface area contributed by atoms with E-state index < -0.39 is 5.79 Å². The highest BCUT2D eigenvalue weighted by Gasteiger charge is 2.44. The second-order valence-corrected chi connectivity index (χ2v) is 4.22. The van der Waals surface area contributed by atoms with Gasteiger partial charge >= 0.3 is 0 Å². The number of hydrogen-bond acceptors (Lipinski definition) is 2. The number of hydrogen-bond donors (Lipinski definition) is 1. The first kappa shape index (κ1) is 8.45. The average Bonchev–Trinajstić information content (AvgIpc) is 2.35. The van der Waals surface area contributed by atoms with E-state index in [0.29, 0.717) is 0 Å². The van der Waals surface area contributed by atoms with Gasteiger partial charge in [-0.05, 0) is 18.4 Å². The minimum absolute atomic E-state index is 0.124. The first-order chi connectivity index (χ1) is 6.80. The molecule has 2 heteroatoms. The van der Waals surface area contributed by atoms with Crippen LogP contribution in [0, 0.1) is 0 Å². The second-order valence-electron chi connectivity index (χ2n) is 4.22. The Morgan fingerprint density at radius 2 is 2.14 bits per heavy atom. The summed E-state index contributed by atoms with van der Waals surface area (Å²) in [5.74, 6) is -0.988. The van der Waals surface area contributed by atoms with Crippen LogP contribution in [-0.2, 0) is 10.5 Å². The van der Waals surface area contributed by atoms with Crippen LogP contribution in [0.1, 0.15) is 42.9 Å². The molecule has 1 N–H and O–H groups in total. The molecule has 0 radical (unpaired) electrons. The highest BCUT2D eigenvalue weighted by atomic mass is 16.6. The summed E-state index contributed by atoms with van der Waals surface area (Å²) in [5.41, 5.74) is 2.18. The van der Waals surface area contributed by atoms with Crippen molar-refractivity contribution in [1.82, 2.24) is 0 Å². The van der Waals surface area contributed by atoms with Gasteiger partial charge in [0.15, 0.2) is 5.79 Å². The van der Waals surface area contributed by atoms with Crippen molar-refractivity contribution in [1.29, 1.82) is 0 Å². The Labute approximate surface area is 83.5 Å². The molecule has 1 fully saturated rings. The monoisotopic (exact) mass is 190 g/mol. The molecule has 0 aromatic heterocycles. The lowest BCUT2D eigenvalue weighted by molar-refractivity contribution is -0.221. The molecule has 74 valence electrons. The maximum atomic E-state index is 10.3. The molecule has 2 bridgehead atoms. The predicted octanol–water partition coefficient (Wildman–Crippen LogP) is 2.48. The van der Waals surface area contributed by atoms with Crippen LogP contribution in [-0.4, -0.2) is 5.11 Å². The van der Waals surface area contributed by atoms with Crippen molar-refractivity contribution in [3.8, 4) is 0 Å². The van der Waals surface area contributed by atoms with Gasteiger partial charge in [-0.1, -0.05) is 30.7 Å². The highest BCUT2D eigenvalue weighted by Crippen LogP contribution is 2.48. The number of benzene rings is 1. The largest absolute Gasteiger partial charge is 0.362 e. The first-order valence-corrected chi connectivity index (χ1v) is 5.29. The first-order valence-electron chi connectivity index (χ1n) is 5.29. The fourth-order valence-electron chi connectivity index (χ4n) is 2.60. The molecule has 2 nitrogen and oxygen atoms in total. The van der Waals surface area contributed by atoms with Crippen molar-refractivity contribution < 1.29 is 9.84 Å². The lowest BCUT2D eigenvalue weighted by atomic mass is 9.91. The maximum absolute atomic E-state index is 10.3. The normalized spacial score (nSPS) is 35.1. The van der Waals surface area contributed by atoms with Gasteiger partial charge < -0.3 is 9.84 Å². The van der Waals surface area contributed by atoms with Crippen LogP contribution in [0.4, 0.5) is 0 Å². The molecule has 0 amide bonds. The molecule has 2 heterocycles. The SMILES string of the molecule is OC12CCCCC(O1)c1ccccc12. The Balaban J connectivity index is 2.16. The molecular formula is C12H14O2. The molecule has 2 unspecified atom stereocenters. The van der Waals surface area contributed by atoms with Crippen molar-refractivity contribution in [3.05, 3.63) is 35.4 Å². The molecule has 1 aromatic rings. The van der Waals surface area contributed by atoms with Gasteiger partial charge in [-0.25, -0.2) is 0 Å². The van der Waals surface area contributed by atoms with E-state index in [-0.39, 0.29) is 6.10 Å². The van der Waals surface area contributed by atoms with Crippen LogP contribution in [0.15, 0.2) is 24.3 Å². The lowest BCUT2D eigenvalue weighted by Crippen LogP contribution is -2.23. The maximum Gasteiger partial charge on any atom is 0.193 e. The van der Waals surface area contributed by atoms with Crippen LogP contribution in [0.5, 0.6) is 0 Å². The summed E-state index contributed by atoms with van der Waals surface area (Å²) in [6.45, 7) is 0. The van der Waals surface area contributed by atoms with Crippen molar-refractivity contribution in [2.24, 2.45) is 0 Å². The van der Waals surface area contributed by atoms with E-state index in [1.165, 1.54) is 5.56 Å². The van der Waals surface area contributed by atoms with Gasteiger partial charge in [0.25, 0.3) is 0 Å². The van der Waals surface area contributed by atoms with E-state index in [1.807, 2.05) is 18.2 Å². The fourth-order valence-corrected chi connectivity index (χ4v) is 2.60. The fraction of sp³-hybridized carbons (Fsp3) is 0.500. The number of ether oxygens (including phenoxy) is 1. The molecule has 2 aliphatic rings. The van der Waals surface area contributed by atoms with Crippen LogP contribution < -0.4 is 0 Å². The number of fused-ring (bicyclic) bond motifs is 5. The topological polar surface area (TPSA) is 29.5 Å². The zero-order valence-corrected chi connectivity index (χ0v) is 8.07. The number of aliphatic hydroxyl groups is 1. The Bertz CT molecular complexity index is 361. The molecule has 1 aromatic carbocycles. The summed E-state index contributed by atoms with van der Waals surface area (Å²) in [4.78, 5) is 0. The van der Waals surface area contributed by atoms with Crippen LogP contribution >= 0.6 is 0 Å². The molecule has 0 saturated carbocycles.